The van der Waals surface area contributed by atoms with E-state index in [4.69, 9.17) is 14.2 Å². The van der Waals surface area contributed by atoms with Gasteiger partial charge in [0.2, 0.25) is 0 Å². The smallest absolute Gasteiger partial charge is 0.409 e. The molecule has 0 bridgehead atoms. The number of nitrogens with one attached hydrogen (secondary N) is 1. The molecular formula is C39H62F3N3O6. The van der Waals surface area contributed by atoms with Crippen molar-refractivity contribution >= 4 is 12.2 Å². The van der Waals surface area contributed by atoms with Crippen LogP contribution in [0.4, 0.5) is 22.8 Å². The number of carbonyl (C=O) groups excluding carboxylic acids is 2. The second kappa shape index (κ2) is 12.1. The number of alkyl halides is 3. The largest absolute Gasteiger partial charge is 0.446 e. The number of nitrogens with zero attached hydrogens (tertiary/aromatic N) is 2. The standard InChI is InChI=1S/C39H62F3N3O6/c1-21(2)29(51-33(48)44(8)9)24-16-22(3)28-30(49-24)31(46)36(7)26-11-10-25-34(4,5)27(12-13-37(25)19-38(26,37)15-14-35(28,36)6)50-32(47)43-23-17-45(18-23)20-39(40,41)42/h21-31,46H,10-20H2,1-9H3,(H,43,47)/t22-,24?,25+,26?,27?,28+,29?,30?,31+,35?,36?,37?,38?/m1/s1. The van der Waals surface area contributed by atoms with Crippen LogP contribution in [-0.4, -0.2) is 104 Å². The van der Waals surface area contributed by atoms with Crippen LogP contribution in [0.25, 0.3) is 0 Å². The zero-order chi connectivity index (χ0) is 37.3. The van der Waals surface area contributed by atoms with Gasteiger partial charge in [-0.05, 0) is 97.2 Å². The minimum Gasteiger partial charge on any atom is -0.446 e. The maximum atomic E-state index is 13.0. The minimum absolute atomic E-state index is 0.0693. The summed E-state index contributed by atoms with van der Waals surface area (Å²) in [5, 5.41) is 15.4. The van der Waals surface area contributed by atoms with Crippen molar-refractivity contribution in [3.05, 3.63) is 0 Å². The summed E-state index contributed by atoms with van der Waals surface area (Å²) in [5.74, 6) is 1.33. The predicted molar refractivity (Wildman–Crippen MR) is 185 cm³/mol. The zero-order valence-electron chi connectivity index (χ0n) is 32.1. The number of likely N-dealkylation sites (tertiary alicyclic amines) is 1. The van der Waals surface area contributed by atoms with Crippen LogP contribution in [0.5, 0.6) is 0 Å². The summed E-state index contributed by atoms with van der Waals surface area (Å²) in [6.45, 7) is 15.1. The molecule has 0 aromatic carbocycles. The monoisotopic (exact) mass is 725 g/mol. The highest BCUT2D eigenvalue weighted by Gasteiger charge is 2.84. The molecule has 7 aliphatic rings. The number of rotatable bonds is 6. The number of hydrogen-bond donors (Lipinski definition) is 2. The molecule has 2 aliphatic heterocycles. The fourth-order valence-electron chi connectivity index (χ4n) is 14.0. The molecule has 290 valence electrons. The number of ether oxygens (including phenoxy) is 3. The fourth-order valence-corrected chi connectivity index (χ4v) is 14.0. The summed E-state index contributed by atoms with van der Waals surface area (Å²) in [4.78, 5) is 28.4. The second-order valence-corrected chi connectivity index (χ2v) is 19.6. The molecule has 7 rings (SSSR count). The van der Waals surface area contributed by atoms with Gasteiger partial charge >= 0.3 is 18.4 Å². The van der Waals surface area contributed by atoms with Crippen molar-refractivity contribution in [2.45, 2.75) is 143 Å². The normalized spacial score (nSPS) is 46.3. The summed E-state index contributed by atoms with van der Waals surface area (Å²) in [6.07, 6.45) is 0.883. The number of halogens is 3. The highest BCUT2D eigenvalue weighted by molar-refractivity contribution is 5.68. The van der Waals surface area contributed by atoms with E-state index >= 15 is 0 Å². The molecule has 13 atom stereocenters. The lowest BCUT2D eigenvalue weighted by atomic mass is 9.41. The van der Waals surface area contributed by atoms with E-state index in [1.165, 1.54) is 9.80 Å². The maximum Gasteiger partial charge on any atom is 0.409 e. The van der Waals surface area contributed by atoms with E-state index in [9.17, 15) is 27.9 Å². The van der Waals surface area contributed by atoms with Crippen LogP contribution in [0.2, 0.25) is 0 Å². The Balaban J connectivity index is 1.06. The van der Waals surface area contributed by atoms with Crippen LogP contribution in [0, 0.1) is 56.7 Å². The Hall–Kier alpha value is -1.79. The number of fused-ring (bicyclic) bond motifs is 4. The molecule has 2 heterocycles. The first-order valence-corrected chi connectivity index (χ1v) is 19.6. The molecular weight excluding hydrogens is 663 g/mol. The quantitative estimate of drug-likeness (QED) is 0.309. The molecule has 2 saturated heterocycles. The Bertz CT molecular complexity index is 1390. The first-order chi connectivity index (χ1) is 23.6. The van der Waals surface area contributed by atoms with E-state index in [1.54, 1.807) is 14.1 Å². The predicted octanol–water partition coefficient (Wildman–Crippen LogP) is 6.86. The van der Waals surface area contributed by atoms with Gasteiger partial charge in [-0.15, -0.1) is 0 Å². The van der Waals surface area contributed by atoms with Crippen molar-refractivity contribution in [2.75, 3.05) is 33.7 Å². The molecule has 5 saturated carbocycles. The van der Waals surface area contributed by atoms with Crippen LogP contribution in [0.1, 0.15) is 99.8 Å². The maximum absolute atomic E-state index is 13.0. The van der Waals surface area contributed by atoms with E-state index in [0.29, 0.717) is 17.8 Å². The highest BCUT2D eigenvalue weighted by atomic mass is 19.4. The van der Waals surface area contributed by atoms with Crippen LogP contribution in [-0.2, 0) is 14.2 Å². The molecule has 2 amide bonds. The Morgan fingerprint density at radius 3 is 2.29 bits per heavy atom. The summed E-state index contributed by atoms with van der Waals surface area (Å²) < 4.78 is 57.2. The first-order valence-electron chi connectivity index (χ1n) is 19.6. The molecule has 2 N–H and O–H groups in total. The zero-order valence-corrected chi connectivity index (χ0v) is 32.1. The lowest BCUT2D eigenvalue weighted by Crippen LogP contribution is -2.62. The minimum atomic E-state index is -4.24. The average molecular weight is 726 g/mol. The van der Waals surface area contributed by atoms with Gasteiger partial charge in [0.05, 0.1) is 30.9 Å². The molecule has 7 fully saturated rings. The molecule has 0 aromatic rings. The van der Waals surface area contributed by atoms with Crippen LogP contribution < -0.4 is 5.32 Å². The summed E-state index contributed by atoms with van der Waals surface area (Å²) in [6, 6.07) is -0.329. The van der Waals surface area contributed by atoms with Gasteiger partial charge in [-0.1, -0.05) is 48.5 Å². The summed E-state index contributed by atoms with van der Waals surface area (Å²) >= 11 is 0. The fraction of sp³-hybridized carbons (Fsp3) is 0.949. The van der Waals surface area contributed by atoms with Gasteiger partial charge in [0, 0.05) is 38.0 Å². The lowest BCUT2D eigenvalue weighted by Gasteiger charge is -2.63. The molecule has 12 heteroatoms. The Labute approximate surface area is 302 Å². The van der Waals surface area contributed by atoms with Gasteiger partial charge in [0.1, 0.15) is 12.2 Å². The Kier molecular flexibility index (Phi) is 8.91. The van der Waals surface area contributed by atoms with E-state index in [0.717, 1.165) is 51.4 Å². The number of carbonyl (C=O) groups is 2. The third kappa shape index (κ3) is 5.47. The van der Waals surface area contributed by atoms with E-state index in [-0.39, 0.29) is 82.4 Å². The third-order valence-corrected chi connectivity index (χ3v) is 16.3. The molecule has 9 nitrogen and oxygen atoms in total. The van der Waals surface area contributed by atoms with Crippen molar-refractivity contribution < 1.29 is 42.1 Å². The van der Waals surface area contributed by atoms with Crippen LogP contribution in [0.3, 0.4) is 0 Å². The molecule has 0 aromatic heterocycles. The molecule has 9 unspecified atom stereocenters. The van der Waals surface area contributed by atoms with Crippen LogP contribution >= 0.6 is 0 Å². The number of aliphatic hydroxyl groups is 1. The molecule has 0 radical (unpaired) electrons. The summed E-state index contributed by atoms with van der Waals surface area (Å²) in [7, 11) is 3.38. The van der Waals surface area contributed by atoms with Crippen molar-refractivity contribution in [1.29, 1.82) is 0 Å². The van der Waals surface area contributed by atoms with Crippen molar-refractivity contribution in [2.24, 2.45) is 56.7 Å². The van der Waals surface area contributed by atoms with E-state index in [2.05, 4.69) is 53.8 Å². The SMILES string of the molecule is CC(C)C(OC(=O)N(C)C)C1C[C@@H](C)[C@H]2C(O1)[C@H](O)C1(C)C3CC[C@H]4C(C)(C)C(OC(=O)NC5CN(CC(F)(F)F)C5)CCC45CC35CCC21C. The lowest BCUT2D eigenvalue weighted by molar-refractivity contribution is -0.185. The van der Waals surface area contributed by atoms with Gasteiger partial charge in [-0.25, -0.2) is 9.59 Å². The summed E-state index contributed by atoms with van der Waals surface area (Å²) in [5.41, 5.74) is -0.380. The van der Waals surface area contributed by atoms with Crippen molar-refractivity contribution in [3.63, 3.8) is 0 Å². The van der Waals surface area contributed by atoms with Gasteiger partial charge in [-0.3, -0.25) is 4.90 Å². The molecule has 51 heavy (non-hydrogen) atoms. The van der Waals surface area contributed by atoms with Gasteiger partial charge < -0.3 is 29.5 Å². The molecule has 2 spiro atoms. The van der Waals surface area contributed by atoms with Crippen molar-refractivity contribution in [3.8, 4) is 0 Å². The number of hydrogen-bond acceptors (Lipinski definition) is 7. The van der Waals surface area contributed by atoms with Crippen molar-refractivity contribution in [1.82, 2.24) is 15.1 Å². The number of alkyl carbamates (subject to hydrolysis) is 1. The number of aliphatic hydroxyl groups excluding tert-OH is 1. The first kappa shape index (κ1) is 37.5. The third-order valence-electron chi connectivity index (χ3n) is 16.3. The van der Waals surface area contributed by atoms with Gasteiger partial charge in [0.25, 0.3) is 0 Å². The Morgan fingerprint density at radius 2 is 1.67 bits per heavy atom. The van der Waals surface area contributed by atoms with Crippen LogP contribution in [0.15, 0.2) is 0 Å². The van der Waals surface area contributed by atoms with Gasteiger partial charge in [0.15, 0.2) is 0 Å². The Morgan fingerprint density at radius 1 is 1.02 bits per heavy atom. The number of amides is 2. The van der Waals surface area contributed by atoms with E-state index < -0.39 is 31.0 Å². The molecule has 5 aliphatic carbocycles. The average Bonchev–Trinajstić information content (AvgIpc) is 3.64. The van der Waals surface area contributed by atoms with Gasteiger partial charge in [-0.2, -0.15) is 13.2 Å². The second-order valence-electron chi connectivity index (χ2n) is 19.6. The topological polar surface area (TPSA) is 101 Å². The highest BCUT2D eigenvalue weighted by Crippen LogP contribution is 2.89. The van der Waals surface area contributed by atoms with E-state index in [1.807, 2.05) is 0 Å².